The van der Waals surface area contributed by atoms with E-state index in [0.29, 0.717) is 22.8 Å². The summed E-state index contributed by atoms with van der Waals surface area (Å²) in [7, 11) is 0.710. The zero-order chi connectivity index (χ0) is 24.0. The summed E-state index contributed by atoms with van der Waals surface area (Å²) in [5.41, 5.74) is 1.11. The topological polar surface area (TPSA) is 103 Å². The van der Waals surface area contributed by atoms with Crippen molar-refractivity contribution >= 4 is 33.2 Å². The van der Waals surface area contributed by atoms with Gasteiger partial charge in [0.2, 0.25) is 5.75 Å². The van der Waals surface area contributed by atoms with Gasteiger partial charge in [0.15, 0.2) is 11.5 Å². The molecule has 0 radical (unpaired) electrons. The second kappa shape index (κ2) is 10.5. The lowest BCUT2D eigenvalue weighted by molar-refractivity contribution is 0.0950. The van der Waals surface area contributed by atoms with Crippen LogP contribution in [0.2, 0.25) is 5.02 Å². The van der Waals surface area contributed by atoms with Crippen molar-refractivity contribution in [2.24, 2.45) is 0 Å². The smallest absolute Gasteiger partial charge is 0.261 e. The number of halogens is 1. The Bertz CT molecular complexity index is 1250. The molecular weight excluding hydrogens is 468 g/mol. The van der Waals surface area contributed by atoms with Crippen LogP contribution in [0.4, 0.5) is 5.69 Å². The number of carbonyl (C=O) groups excluding carboxylic acids is 1. The van der Waals surface area contributed by atoms with E-state index in [1.165, 1.54) is 51.7 Å². The van der Waals surface area contributed by atoms with Crippen molar-refractivity contribution in [3.63, 3.8) is 0 Å². The number of carbonyl (C=O) groups is 1. The van der Waals surface area contributed by atoms with Crippen molar-refractivity contribution in [1.82, 2.24) is 5.32 Å². The van der Waals surface area contributed by atoms with E-state index < -0.39 is 15.9 Å². The number of rotatable bonds is 9. The van der Waals surface area contributed by atoms with Crippen molar-refractivity contribution in [2.45, 2.75) is 11.4 Å². The molecule has 33 heavy (non-hydrogen) atoms. The summed E-state index contributed by atoms with van der Waals surface area (Å²) in [6, 6.07) is 15.7. The number of hydrogen-bond acceptors (Lipinski definition) is 6. The zero-order valence-electron chi connectivity index (χ0n) is 18.2. The molecule has 0 saturated carbocycles. The first-order chi connectivity index (χ1) is 15.8. The second-order valence-corrected chi connectivity index (χ2v) is 8.88. The van der Waals surface area contributed by atoms with E-state index in [4.69, 9.17) is 25.8 Å². The molecule has 0 atom stereocenters. The molecule has 0 aliphatic heterocycles. The molecule has 0 spiro atoms. The van der Waals surface area contributed by atoms with Crippen LogP contribution in [-0.4, -0.2) is 35.7 Å². The lowest BCUT2D eigenvalue weighted by Gasteiger charge is -2.16. The van der Waals surface area contributed by atoms with Gasteiger partial charge >= 0.3 is 0 Å². The van der Waals surface area contributed by atoms with Crippen LogP contribution >= 0.6 is 11.6 Å². The Morgan fingerprint density at radius 3 is 2.21 bits per heavy atom. The van der Waals surface area contributed by atoms with Gasteiger partial charge < -0.3 is 19.5 Å². The van der Waals surface area contributed by atoms with Gasteiger partial charge in [-0.1, -0.05) is 29.8 Å². The molecule has 0 unspecified atom stereocenters. The van der Waals surface area contributed by atoms with Crippen molar-refractivity contribution in [3.05, 3.63) is 76.8 Å². The number of methoxy groups -OCH3 is 3. The number of benzene rings is 3. The normalized spacial score (nSPS) is 10.9. The highest BCUT2D eigenvalue weighted by Crippen LogP contribution is 2.39. The van der Waals surface area contributed by atoms with E-state index in [2.05, 4.69) is 10.0 Å². The highest BCUT2D eigenvalue weighted by molar-refractivity contribution is 7.92. The average molecular weight is 491 g/mol. The molecule has 0 heterocycles. The summed E-state index contributed by atoms with van der Waals surface area (Å²) in [6.45, 7) is 0.155. The van der Waals surface area contributed by atoms with Gasteiger partial charge in [-0.25, -0.2) is 8.42 Å². The first kappa shape index (κ1) is 24.2. The molecule has 174 valence electrons. The number of ether oxygens (including phenoxy) is 3. The van der Waals surface area contributed by atoms with Crippen LogP contribution in [0, 0.1) is 0 Å². The van der Waals surface area contributed by atoms with Crippen LogP contribution in [0.5, 0.6) is 17.2 Å². The van der Waals surface area contributed by atoms with Gasteiger partial charge in [-0.3, -0.25) is 9.52 Å². The second-order valence-electron chi connectivity index (χ2n) is 6.79. The molecule has 0 aliphatic rings. The Morgan fingerprint density at radius 2 is 1.61 bits per heavy atom. The Morgan fingerprint density at radius 1 is 0.909 bits per heavy atom. The molecule has 1 amide bonds. The first-order valence-corrected chi connectivity index (χ1v) is 11.6. The van der Waals surface area contributed by atoms with Crippen molar-refractivity contribution in [2.75, 3.05) is 26.1 Å². The minimum atomic E-state index is -3.81. The maximum Gasteiger partial charge on any atom is 0.261 e. The standard InChI is InChI=1S/C23H23ClN2O6S/c1-30-20-12-10-16(21(31-2)22(20)32-3)14-25-23(27)15-9-11-19(18(24)13-15)26-33(28,29)17-7-5-4-6-8-17/h4-13,26H,14H2,1-3H3,(H,25,27). The fourth-order valence-corrected chi connectivity index (χ4v) is 4.51. The Hall–Kier alpha value is -3.43. The maximum atomic E-state index is 12.7. The molecule has 2 N–H and O–H groups in total. The van der Waals surface area contributed by atoms with Gasteiger partial charge in [0.25, 0.3) is 15.9 Å². The minimum absolute atomic E-state index is 0.0888. The fourth-order valence-electron chi connectivity index (χ4n) is 3.12. The molecular formula is C23H23ClN2O6S. The van der Waals surface area contributed by atoms with Crippen LogP contribution in [0.25, 0.3) is 0 Å². The summed E-state index contributed by atoms with van der Waals surface area (Å²) in [5, 5.41) is 2.88. The molecule has 0 aromatic heterocycles. The Balaban J connectivity index is 1.74. The summed E-state index contributed by atoms with van der Waals surface area (Å²) < 4.78 is 43.5. The molecule has 0 aliphatic carbocycles. The van der Waals surface area contributed by atoms with Gasteiger partial charge in [0.1, 0.15) is 0 Å². The quantitative estimate of drug-likeness (QED) is 0.468. The summed E-state index contributed by atoms with van der Waals surface area (Å²) >= 11 is 6.25. The maximum absolute atomic E-state index is 12.7. The van der Waals surface area contributed by atoms with E-state index in [0.717, 1.165) is 0 Å². The predicted octanol–water partition coefficient (Wildman–Crippen LogP) is 4.10. The number of amides is 1. The van der Waals surface area contributed by atoms with Crippen LogP contribution < -0.4 is 24.2 Å². The third-order valence-electron chi connectivity index (χ3n) is 4.75. The minimum Gasteiger partial charge on any atom is -0.493 e. The lowest BCUT2D eigenvalue weighted by atomic mass is 10.1. The molecule has 3 aromatic carbocycles. The van der Waals surface area contributed by atoms with E-state index in [1.54, 1.807) is 30.3 Å². The van der Waals surface area contributed by atoms with Crippen molar-refractivity contribution < 1.29 is 27.4 Å². The van der Waals surface area contributed by atoms with Gasteiger partial charge in [-0.05, 0) is 42.5 Å². The van der Waals surface area contributed by atoms with Gasteiger partial charge in [0.05, 0.1) is 36.9 Å². The van der Waals surface area contributed by atoms with Crippen molar-refractivity contribution in [3.8, 4) is 17.2 Å². The van der Waals surface area contributed by atoms with Crippen LogP contribution in [-0.2, 0) is 16.6 Å². The van der Waals surface area contributed by atoms with Gasteiger partial charge in [-0.2, -0.15) is 0 Å². The number of anilines is 1. The SMILES string of the molecule is COc1ccc(CNC(=O)c2ccc(NS(=O)(=O)c3ccccc3)c(Cl)c2)c(OC)c1OC. The lowest BCUT2D eigenvalue weighted by Crippen LogP contribution is -2.23. The summed E-state index contributed by atoms with van der Waals surface area (Å²) in [4.78, 5) is 12.8. The summed E-state index contributed by atoms with van der Waals surface area (Å²) in [6.07, 6.45) is 0. The van der Waals surface area contributed by atoms with E-state index in [-0.39, 0.29) is 27.7 Å². The van der Waals surface area contributed by atoms with E-state index in [1.807, 2.05) is 0 Å². The largest absolute Gasteiger partial charge is 0.493 e. The highest BCUT2D eigenvalue weighted by Gasteiger charge is 2.18. The van der Waals surface area contributed by atoms with Gasteiger partial charge in [-0.15, -0.1) is 0 Å². The molecule has 3 rings (SSSR count). The van der Waals surface area contributed by atoms with Gasteiger partial charge in [0, 0.05) is 17.7 Å². The fraction of sp³-hybridized carbons (Fsp3) is 0.174. The Labute approximate surface area is 197 Å². The molecule has 0 fully saturated rings. The van der Waals surface area contributed by atoms with E-state index in [9.17, 15) is 13.2 Å². The Kier molecular flexibility index (Phi) is 7.67. The number of hydrogen-bond donors (Lipinski definition) is 2. The van der Waals surface area contributed by atoms with Crippen LogP contribution in [0.3, 0.4) is 0 Å². The average Bonchev–Trinajstić information content (AvgIpc) is 2.83. The molecule has 0 bridgehead atoms. The monoisotopic (exact) mass is 490 g/mol. The molecule has 3 aromatic rings. The van der Waals surface area contributed by atoms with Crippen LogP contribution in [0.15, 0.2) is 65.6 Å². The number of sulfonamides is 1. The van der Waals surface area contributed by atoms with Crippen molar-refractivity contribution in [1.29, 1.82) is 0 Å². The number of nitrogens with one attached hydrogen (secondary N) is 2. The zero-order valence-corrected chi connectivity index (χ0v) is 19.8. The summed E-state index contributed by atoms with van der Waals surface area (Å²) in [5.74, 6) is 0.974. The van der Waals surface area contributed by atoms with E-state index >= 15 is 0 Å². The first-order valence-electron chi connectivity index (χ1n) is 9.74. The highest BCUT2D eigenvalue weighted by atomic mass is 35.5. The predicted molar refractivity (Wildman–Crippen MR) is 126 cm³/mol. The third kappa shape index (κ3) is 5.50. The van der Waals surface area contributed by atoms with Crippen LogP contribution in [0.1, 0.15) is 15.9 Å². The molecule has 0 saturated heterocycles. The molecule has 10 heteroatoms. The third-order valence-corrected chi connectivity index (χ3v) is 6.45. The molecule has 8 nitrogen and oxygen atoms in total.